The molecule has 1 aromatic carbocycles. The smallest absolute Gasteiger partial charge is 0.245 e. The van der Waals surface area contributed by atoms with E-state index in [1.165, 1.54) is 0 Å². The number of hydrogen-bond donors (Lipinski definition) is 2. The molecule has 3 rings (SSSR count). The van der Waals surface area contributed by atoms with Gasteiger partial charge in [-0.3, -0.25) is 4.79 Å². The van der Waals surface area contributed by atoms with Crippen LogP contribution in [0, 0.1) is 5.41 Å². The lowest BCUT2D eigenvalue weighted by Gasteiger charge is -2.57. The standard InChI is InChI=1S/C18H27N3O3/c1-5-23-15-11-18(19,17(15,2)3)16(22)20-12-6-7-14-13(10-12)21(4)8-9-24-14/h6-7,10,15H,5,8-9,11,19H2,1-4H3,(H,20,22). The first-order chi connectivity index (χ1) is 11.3. The summed E-state index contributed by atoms with van der Waals surface area (Å²) in [6, 6.07) is 5.67. The van der Waals surface area contributed by atoms with Crippen LogP contribution in [0.1, 0.15) is 27.2 Å². The first kappa shape index (κ1) is 17.0. The van der Waals surface area contributed by atoms with Crippen molar-refractivity contribution in [3.63, 3.8) is 0 Å². The fraction of sp³-hybridized carbons (Fsp3) is 0.611. The van der Waals surface area contributed by atoms with Crippen LogP contribution >= 0.6 is 0 Å². The van der Waals surface area contributed by atoms with Crippen molar-refractivity contribution in [3.05, 3.63) is 18.2 Å². The molecule has 24 heavy (non-hydrogen) atoms. The number of rotatable bonds is 4. The second-order valence-electron chi connectivity index (χ2n) is 7.25. The third-order valence-electron chi connectivity index (χ3n) is 5.55. The molecule has 0 saturated heterocycles. The maximum atomic E-state index is 12.8. The Morgan fingerprint density at radius 2 is 2.25 bits per heavy atom. The number of amides is 1. The summed E-state index contributed by atoms with van der Waals surface area (Å²) in [7, 11) is 2.01. The van der Waals surface area contributed by atoms with Gasteiger partial charge in [-0.25, -0.2) is 0 Å². The molecule has 0 bridgehead atoms. The molecule has 1 aliphatic carbocycles. The Morgan fingerprint density at radius 3 is 2.92 bits per heavy atom. The van der Waals surface area contributed by atoms with Crippen molar-refractivity contribution in [2.75, 3.05) is 37.0 Å². The fourth-order valence-electron chi connectivity index (χ4n) is 3.49. The number of nitrogens with two attached hydrogens (primary N) is 1. The normalized spacial score (nSPS) is 27.7. The lowest BCUT2D eigenvalue weighted by atomic mass is 9.54. The van der Waals surface area contributed by atoms with Gasteiger partial charge >= 0.3 is 0 Å². The van der Waals surface area contributed by atoms with Gasteiger partial charge in [0.1, 0.15) is 17.9 Å². The zero-order chi connectivity index (χ0) is 17.5. The van der Waals surface area contributed by atoms with Crippen molar-refractivity contribution in [1.29, 1.82) is 0 Å². The topological polar surface area (TPSA) is 76.8 Å². The summed E-state index contributed by atoms with van der Waals surface area (Å²) in [4.78, 5) is 14.9. The molecule has 1 heterocycles. The van der Waals surface area contributed by atoms with Gasteiger partial charge in [-0.15, -0.1) is 0 Å². The second kappa shape index (κ2) is 5.93. The summed E-state index contributed by atoms with van der Waals surface area (Å²) in [6.45, 7) is 8.07. The molecule has 1 aliphatic heterocycles. The van der Waals surface area contributed by atoms with Crippen molar-refractivity contribution < 1.29 is 14.3 Å². The van der Waals surface area contributed by atoms with Gasteiger partial charge in [-0.2, -0.15) is 0 Å². The van der Waals surface area contributed by atoms with E-state index in [4.69, 9.17) is 15.2 Å². The Labute approximate surface area is 143 Å². The van der Waals surface area contributed by atoms with Crippen LogP contribution in [0.3, 0.4) is 0 Å². The number of ether oxygens (including phenoxy) is 2. The number of carbonyl (C=O) groups is 1. The minimum atomic E-state index is -0.925. The average molecular weight is 333 g/mol. The molecule has 0 spiro atoms. The van der Waals surface area contributed by atoms with E-state index in [-0.39, 0.29) is 12.0 Å². The number of anilines is 2. The van der Waals surface area contributed by atoms with Crippen molar-refractivity contribution in [2.24, 2.45) is 11.1 Å². The molecule has 0 aromatic heterocycles. The monoisotopic (exact) mass is 333 g/mol. The van der Waals surface area contributed by atoms with Gasteiger partial charge in [0.25, 0.3) is 0 Å². The van der Waals surface area contributed by atoms with Gasteiger partial charge in [0, 0.05) is 31.2 Å². The molecule has 3 N–H and O–H groups in total. The van der Waals surface area contributed by atoms with Crippen molar-refractivity contribution in [1.82, 2.24) is 0 Å². The minimum Gasteiger partial charge on any atom is -0.490 e. The van der Waals surface area contributed by atoms with Crippen LogP contribution in [0.2, 0.25) is 0 Å². The first-order valence-corrected chi connectivity index (χ1v) is 8.49. The van der Waals surface area contributed by atoms with E-state index in [0.29, 0.717) is 19.6 Å². The van der Waals surface area contributed by atoms with E-state index in [1.54, 1.807) is 0 Å². The fourth-order valence-corrected chi connectivity index (χ4v) is 3.49. The predicted molar refractivity (Wildman–Crippen MR) is 94.6 cm³/mol. The number of carbonyl (C=O) groups excluding carboxylic acids is 1. The molecule has 1 saturated carbocycles. The van der Waals surface area contributed by atoms with Crippen LogP contribution in [0.4, 0.5) is 11.4 Å². The summed E-state index contributed by atoms with van der Waals surface area (Å²) in [5.74, 6) is 0.673. The van der Waals surface area contributed by atoms with Gasteiger partial charge in [0.05, 0.1) is 18.3 Å². The van der Waals surface area contributed by atoms with Crippen LogP contribution in [0.25, 0.3) is 0 Å². The number of nitrogens with zero attached hydrogens (tertiary/aromatic N) is 1. The van der Waals surface area contributed by atoms with Crippen molar-refractivity contribution in [2.45, 2.75) is 38.8 Å². The number of hydrogen-bond acceptors (Lipinski definition) is 5. The molecule has 0 radical (unpaired) electrons. The number of benzene rings is 1. The second-order valence-corrected chi connectivity index (χ2v) is 7.25. The molecule has 6 nitrogen and oxygen atoms in total. The van der Waals surface area contributed by atoms with E-state index < -0.39 is 11.0 Å². The van der Waals surface area contributed by atoms with E-state index >= 15 is 0 Å². The van der Waals surface area contributed by atoms with Crippen LogP contribution in [-0.2, 0) is 9.53 Å². The molecular formula is C18H27N3O3. The molecule has 2 aliphatic rings. The first-order valence-electron chi connectivity index (χ1n) is 8.49. The van der Waals surface area contributed by atoms with Gasteiger partial charge in [-0.1, -0.05) is 13.8 Å². The highest BCUT2D eigenvalue weighted by Gasteiger charge is 2.62. The largest absolute Gasteiger partial charge is 0.490 e. The quantitative estimate of drug-likeness (QED) is 0.881. The van der Waals surface area contributed by atoms with Gasteiger partial charge in [0.15, 0.2) is 0 Å². The van der Waals surface area contributed by atoms with E-state index in [2.05, 4.69) is 10.2 Å². The average Bonchev–Trinajstić information content (AvgIpc) is 2.55. The van der Waals surface area contributed by atoms with Gasteiger partial charge in [-0.05, 0) is 25.1 Å². The van der Waals surface area contributed by atoms with Crippen LogP contribution in [0.15, 0.2) is 18.2 Å². The maximum Gasteiger partial charge on any atom is 0.245 e. The van der Waals surface area contributed by atoms with E-state index in [0.717, 1.165) is 23.7 Å². The molecular weight excluding hydrogens is 306 g/mol. The zero-order valence-electron chi connectivity index (χ0n) is 14.9. The number of nitrogens with one attached hydrogen (secondary N) is 1. The summed E-state index contributed by atoms with van der Waals surface area (Å²) < 4.78 is 11.3. The Kier molecular flexibility index (Phi) is 4.21. The van der Waals surface area contributed by atoms with E-state index in [9.17, 15) is 4.79 Å². The Hall–Kier alpha value is -1.79. The van der Waals surface area contributed by atoms with Crippen molar-refractivity contribution in [3.8, 4) is 5.75 Å². The van der Waals surface area contributed by atoms with Crippen LogP contribution in [0.5, 0.6) is 5.75 Å². The molecule has 1 fully saturated rings. The third-order valence-corrected chi connectivity index (χ3v) is 5.55. The van der Waals surface area contributed by atoms with Crippen LogP contribution < -0.4 is 20.7 Å². The molecule has 2 atom stereocenters. The molecule has 6 heteroatoms. The maximum absolute atomic E-state index is 12.8. The highest BCUT2D eigenvalue weighted by Crippen LogP contribution is 2.50. The lowest BCUT2D eigenvalue weighted by Crippen LogP contribution is -2.74. The SMILES string of the molecule is CCOC1CC(N)(C(=O)Nc2ccc3c(c2)N(C)CCO3)C1(C)C. The summed E-state index contributed by atoms with van der Waals surface area (Å²) >= 11 is 0. The highest BCUT2D eigenvalue weighted by atomic mass is 16.5. The minimum absolute atomic E-state index is 0.0151. The van der Waals surface area contributed by atoms with Gasteiger partial charge in [0.2, 0.25) is 5.91 Å². The van der Waals surface area contributed by atoms with Crippen LogP contribution in [-0.4, -0.2) is 44.4 Å². The van der Waals surface area contributed by atoms with Crippen molar-refractivity contribution >= 4 is 17.3 Å². The summed E-state index contributed by atoms with van der Waals surface area (Å²) in [6.07, 6.45) is 0.550. The predicted octanol–water partition coefficient (Wildman–Crippen LogP) is 1.99. The summed E-state index contributed by atoms with van der Waals surface area (Å²) in [5.41, 5.74) is 6.81. The Bertz CT molecular complexity index is 646. The van der Waals surface area contributed by atoms with Gasteiger partial charge < -0.3 is 25.4 Å². The van der Waals surface area contributed by atoms with E-state index in [1.807, 2.05) is 46.0 Å². The number of likely N-dealkylation sites (N-methyl/N-ethyl adjacent to an activating group) is 1. The number of fused-ring (bicyclic) bond motifs is 1. The molecule has 1 aromatic rings. The highest BCUT2D eigenvalue weighted by molar-refractivity contribution is 6.00. The third kappa shape index (κ3) is 2.54. The zero-order valence-corrected chi connectivity index (χ0v) is 14.9. The molecule has 1 amide bonds. The lowest BCUT2D eigenvalue weighted by molar-refractivity contribution is -0.166. The Balaban J connectivity index is 1.75. The molecule has 2 unspecified atom stereocenters. The Morgan fingerprint density at radius 1 is 1.50 bits per heavy atom. The molecule has 132 valence electrons. The summed E-state index contributed by atoms with van der Waals surface area (Å²) in [5, 5.41) is 2.97.